The number of piperazine rings is 1. The van der Waals surface area contributed by atoms with Crippen LogP contribution in [0.5, 0.6) is 0 Å². The average molecular weight is 364 g/mol. The van der Waals surface area contributed by atoms with Crippen molar-refractivity contribution in [3.05, 3.63) is 0 Å². The molecule has 0 radical (unpaired) electrons. The highest BCUT2D eigenvalue weighted by atomic mass is 35.5. The van der Waals surface area contributed by atoms with Crippen molar-refractivity contribution in [2.45, 2.75) is 25.3 Å². The van der Waals surface area contributed by atoms with Gasteiger partial charge in [-0.15, -0.1) is 37.2 Å². The predicted molar refractivity (Wildman–Crippen MR) is 94.3 cm³/mol. The summed E-state index contributed by atoms with van der Waals surface area (Å²) in [6.07, 6.45) is 3.36. The second kappa shape index (κ2) is 12.7. The van der Waals surface area contributed by atoms with Crippen LogP contribution in [0.15, 0.2) is 0 Å². The van der Waals surface area contributed by atoms with Crippen molar-refractivity contribution in [3.63, 3.8) is 0 Å². The molecule has 1 atom stereocenters. The van der Waals surface area contributed by atoms with E-state index in [9.17, 15) is 4.79 Å². The minimum atomic E-state index is 0. The van der Waals surface area contributed by atoms with Crippen molar-refractivity contribution in [2.24, 2.45) is 0 Å². The van der Waals surface area contributed by atoms with Gasteiger partial charge < -0.3 is 15.5 Å². The molecule has 8 heteroatoms. The van der Waals surface area contributed by atoms with E-state index in [1.807, 2.05) is 0 Å². The number of piperidine rings is 1. The largest absolute Gasteiger partial charge is 0.353 e. The molecular formula is C13H29Cl3N4O. The number of hydrogen-bond donors (Lipinski definition) is 2. The number of hydrogen-bond acceptors (Lipinski definition) is 4. The fourth-order valence-corrected chi connectivity index (χ4v) is 2.61. The Morgan fingerprint density at radius 3 is 2.38 bits per heavy atom. The van der Waals surface area contributed by atoms with Gasteiger partial charge in [0.25, 0.3) is 0 Å². The van der Waals surface area contributed by atoms with Crippen molar-refractivity contribution in [1.82, 2.24) is 20.4 Å². The minimum absolute atomic E-state index is 0. The molecule has 2 aliphatic rings. The molecule has 0 aromatic carbocycles. The Balaban J connectivity index is 0. The Labute approximate surface area is 146 Å². The lowest BCUT2D eigenvalue weighted by atomic mass is 10.0. The molecule has 0 aromatic heterocycles. The zero-order valence-corrected chi connectivity index (χ0v) is 15.1. The Bertz CT molecular complexity index is 270. The van der Waals surface area contributed by atoms with Gasteiger partial charge >= 0.3 is 0 Å². The molecule has 128 valence electrons. The van der Waals surface area contributed by atoms with Crippen LogP contribution in [0.4, 0.5) is 0 Å². The van der Waals surface area contributed by atoms with Crippen molar-refractivity contribution < 1.29 is 4.79 Å². The average Bonchev–Trinajstić information content (AvgIpc) is 2.42. The summed E-state index contributed by atoms with van der Waals surface area (Å²) in [5.41, 5.74) is 0. The number of amides is 1. The lowest BCUT2D eigenvalue weighted by Crippen LogP contribution is -2.50. The Kier molecular flexibility index (Phi) is 14.2. The van der Waals surface area contributed by atoms with Crippen molar-refractivity contribution in [1.29, 1.82) is 0 Å². The van der Waals surface area contributed by atoms with Crippen LogP contribution in [0.2, 0.25) is 0 Å². The van der Waals surface area contributed by atoms with Gasteiger partial charge in [0.05, 0.1) is 6.04 Å². The second-order valence-corrected chi connectivity index (χ2v) is 5.44. The summed E-state index contributed by atoms with van der Waals surface area (Å²) in [5, 5.41) is 6.33. The summed E-state index contributed by atoms with van der Waals surface area (Å²) in [6.45, 7) is 7.25. The van der Waals surface area contributed by atoms with Crippen molar-refractivity contribution in [2.75, 3.05) is 52.9 Å². The fourth-order valence-electron chi connectivity index (χ4n) is 2.61. The number of carbonyl (C=O) groups is 1. The smallest absolute Gasteiger partial charge is 0.237 e. The molecular weight excluding hydrogens is 335 g/mol. The van der Waals surface area contributed by atoms with Gasteiger partial charge in [-0.3, -0.25) is 9.69 Å². The molecule has 2 N–H and O–H groups in total. The Hall–Kier alpha value is 0.220. The van der Waals surface area contributed by atoms with Gasteiger partial charge in [-0.2, -0.15) is 0 Å². The van der Waals surface area contributed by atoms with Crippen molar-refractivity contribution >= 4 is 43.1 Å². The molecule has 0 aliphatic carbocycles. The van der Waals surface area contributed by atoms with Crippen LogP contribution in [0.25, 0.3) is 0 Å². The van der Waals surface area contributed by atoms with Crippen LogP contribution in [0.3, 0.4) is 0 Å². The Morgan fingerprint density at radius 1 is 1.14 bits per heavy atom. The molecule has 2 fully saturated rings. The first kappa shape index (κ1) is 23.5. The Morgan fingerprint density at radius 2 is 1.81 bits per heavy atom. The molecule has 0 spiro atoms. The maximum atomic E-state index is 11.9. The van der Waals surface area contributed by atoms with Crippen LogP contribution < -0.4 is 10.6 Å². The fraction of sp³-hybridized carbons (Fsp3) is 0.923. The van der Waals surface area contributed by atoms with E-state index in [1.54, 1.807) is 0 Å². The third-order valence-electron chi connectivity index (χ3n) is 3.95. The number of halogens is 3. The summed E-state index contributed by atoms with van der Waals surface area (Å²) < 4.78 is 0. The van der Waals surface area contributed by atoms with E-state index in [0.717, 1.165) is 52.2 Å². The van der Waals surface area contributed by atoms with Gasteiger partial charge in [0.1, 0.15) is 0 Å². The van der Waals surface area contributed by atoms with E-state index in [2.05, 4.69) is 27.5 Å². The standard InChI is InChI=1S/C13H26N4O.3ClH/c1-16-8-10-17(11-9-16)7-6-15-13(18)12-4-2-3-5-14-12;;;/h12,14H,2-11H2,1H3,(H,15,18);3*1H. The highest BCUT2D eigenvalue weighted by Crippen LogP contribution is 2.06. The third-order valence-corrected chi connectivity index (χ3v) is 3.95. The van der Waals surface area contributed by atoms with Gasteiger partial charge in [-0.1, -0.05) is 6.42 Å². The lowest BCUT2D eigenvalue weighted by Gasteiger charge is -2.32. The summed E-state index contributed by atoms with van der Waals surface area (Å²) in [5.74, 6) is 0.184. The summed E-state index contributed by atoms with van der Waals surface area (Å²) >= 11 is 0. The van der Waals surface area contributed by atoms with E-state index in [-0.39, 0.29) is 49.2 Å². The lowest BCUT2D eigenvalue weighted by molar-refractivity contribution is -0.123. The SMILES string of the molecule is CN1CCN(CCNC(=O)C2CCCCN2)CC1.Cl.Cl.Cl. The third kappa shape index (κ3) is 8.43. The van der Waals surface area contributed by atoms with E-state index < -0.39 is 0 Å². The maximum absolute atomic E-state index is 11.9. The normalized spacial score (nSPS) is 23.2. The van der Waals surface area contributed by atoms with Gasteiger partial charge in [0, 0.05) is 39.3 Å². The zero-order chi connectivity index (χ0) is 12.8. The second-order valence-electron chi connectivity index (χ2n) is 5.44. The van der Waals surface area contributed by atoms with E-state index >= 15 is 0 Å². The molecule has 2 aliphatic heterocycles. The molecule has 21 heavy (non-hydrogen) atoms. The van der Waals surface area contributed by atoms with E-state index in [0.29, 0.717) is 0 Å². The van der Waals surface area contributed by atoms with Gasteiger partial charge in [-0.25, -0.2) is 0 Å². The minimum Gasteiger partial charge on any atom is -0.353 e. The van der Waals surface area contributed by atoms with Crippen LogP contribution in [0.1, 0.15) is 19.3 Å². The first-order chi connectivity index (χ1) is 8.75. The monoisotopic (exact) mass is 362 g/mol. The van der Waals surface area contributed by atoms with Crippen LogP contribution in [-0.2, 0) is 4.79 Å². The topological polar surface area (TPSA) is 47.6 Å². The number of nitrogens with one attached hydrogen (secondary N) is 2. The van der Waals surface area contributed by atoms with E-state index in [4.69, 9.17) is 0 Å². The quantitative estimate of drug-likeness (QED) is 0.774. The maximum Gasteiger partial charge on any atom is 0.237 e. The van der Waals surface area contributed by atoms with Crippen LogP contribution in [-0.4, -0.2) is 74.6 Å². The molecule has 2 saturated heterocycles. The summed E-state index contributed by atoms with van der Waals surface area (Å²) in [4.78, 5) is 16.7. The number of likely N-dealkylation sites (N-methyl/N-ethyl adjacent to an activating group) is 1. The highest BCUT2D eigenvalue weighted by Gasteiger charge is 2.20. The van der Waals surface area contributed by atoms with Gasteiger partial charge in [0.15, 0.2) is 0 Å². The van der Waals surface area contributed by atoms with Gasteiger partial charge in [-0.05, 0) is 26.4 Å². The first-order valence-electron chi connectivity index (χ1n) is 7.18. The molecule has 1 unspecified atom stereocenters. The predicted octanol–water partition coefficient (Wildman–Crippen LogP) is 0.757. The molecule has 1 amide bonds. The molecule has 0 saturated carbocycles. The van der Waals surface area contributed by atoms with Gasteiger partial charge in [0.2, 0.25) is 5.91 Å². The molecule has 0 bridgehead atoms. The molecule has 2 heterocycles. The first-order valence-corrected chi connectivity index (χ1v) is 7.18. The number of carbonyl (C=O) groups excluding carboxylic acids is 1. The van der Waals surface area contributed by atoms with Crippen LogP contribution >= 0.6 is 37.2 Å². The number of rotatable bonds is 4. The summed E-state index contributed by atoms with van der Waals surface area (Å²) in [7, 11) is 2.16. The number of nitrogens with zero attached hydrogens (tertiary/aromatic N) is 2. The molecule has 0 aromatic rings. The van der Waals surface area contributed by atoms with Crippen LogP contribution in [0, 0.1) is 0 Å². The zero-order valence-electron chi connectivity index (χ0n) is 12.7. The molecule has 5 nitrogen and oxygen atoms in total. The highest BCUT2D eigenvalue weighted by molar-refractivity contribution is 5.86. The molecule has 2 rings (SSSR count). The van der Waals surface area contributed by atoms with E-state index in [1.165, 1.54) is 12.8 Å². The summed E-state index contributed by atoms with van der Waals surface area (Å²) in [6, 6.07) is 0.0474. The van der Waals surface area contributed by atoms with Crippen molar-refractivity contribution in [3.8, 4) is 0 Å².